The summed E-state index contributed by atoms with van der Waals surface area (Å²) in [5.41, 5.74) is 3.10. The number of likely N-dealkylation sites (N-methyl/N-ethyl adjacent to an activating group) is 1. The van der Waals surface area contributed by atoms with Gasteiger partial charge >= 0.3 is 0 Å². The van der Waals surface area contributed by atoms with E-state index >= 15 is 0 Å². The van der Waals surface area contributed by atoms with E-state index in [-0.39, 0.29) is 18.5 Å². The van der Waals surface area contributed by atoms with Crippen molar-refractivity contribution in [2.24, 2.45) is 0 Å². The number of hydrogen-bond acceptors (Lipinski definition) is 3. The molecule has 1 atom stereocenters. The van der Waals surface area contributed by atoms with Gasteiger partial charge in [0.05, 0.1) is 12.6 Å². The second-order valence-electron chi connectivity index (χ2n) is 5.80. The maximum absolute atomic E-state index is 12.6. The Morgan fingerprint density at radius 2 is 1.80 bits per heavy atom. The fraction of sp³-hybridized carbons (Fsp3) is 0.150. The Hall–Kier alpha value is -2.30. The van der Waals surface area contributed by atoms with E-state index in [1.165, 1.54) is 0 Å². The van der Waals surface area contributed by atoms with Gasteiger partial charge in [-0.1, -0.05) is 41.9 Å². The van der Waals surface area contributed by atoms with Gasteiger partial charge in [-0.2, -0.15) is 11.3 Å². The van der Waals surface area contributed by atoms with E-state index in [9.17, 15) is 4.79 Å². The number of halogens is 1. The van der Waals surface area contributed by atoms with Crippen molar-refractivity contribution in [3.8, 4) is 0 Å². The second kappa shape index (κ2) is 8.19. The van der Waals surface area contributed by atoms with Gasteiger partial charge in [0.25, 0.3) is 0 Å². The van der Waals surface area contributed by atoms with Crippen molar-refractivity contribution in [1.82, 2.24) is 5.32 Å². The van der Waals surface area contributed by atoms with Crippen LogP contribution in [-0.4, -0.2) is 19.5 Å². The summed E-state index contributed by atoms with van der Waals surface area (Å²) in [4.78, 5) is 14.5. The van der Waals surface area contributed by atoms with Crippen LogP contribution in [0.25, 0.3) is 0 Å². The second-order valence-corrected chi connectivity index (χ2v) is 7.02. The molecule has 1 aromatic heterocycles. The van der Waals surface area contributed by atoms with Crippen molar-refractivity contribution in [3.63, 3.8) is 0 Å². The molecule has 25 heavy (non-hydrogen) atoms. The number of nitrogens with zero attached hydrogens (tertiary/aromatic N) is 1. The first-order valence-electron chi connectivity index (χ1n) is 7.96. The molecule has 0 saturated heterocycles. The number of hydrogen-bond donors (Lipinski definition) is 1. The minimum atomic E-state index is -0.180. The molecule has 5 heteroatoms. The van der Waals surface area contributed by atoms with Crippen LogP contribution in [0.5, 0.6) is 0 Å². The van der Waals surface area contributed by atoms with Crippen LogP contribution in [0.2, 0.25) is 5.02 Å². The summed E-state index contributed by atoms with van der Waals surface area (Å²) < 4.78 is 0. The lowest BCUT2D eigenvalue weighted by molar-refractivity contribution is -0.120. The van der Waals surface area contributed by atoms with Gasteiger partial charge in [0.2, 0.25) is 5.91 Å². The number of rotatable bonds is 6. The first kappa shape index (κ1) is 17.5. The Morgan fingerprint density at radius 3 is 2.44 bits per heavy atom. The molecule has 0 aliphatic rings. The molecule has 3 nitrogen and oxygen atoms in total. The molecule has 1 amide bonds. The molecular formula is C20H19ClN2OS. The van der Waals surface area contributed by atoms with Gasteiger partial charge in [-0.05, 0) is 52.2 Å². The number of benzene rings is 2. The van der Waals surface area contributed by atoms with Crippen molar-refractivity contribution in [2.45, 2.75) is 6.04 Å². The molecule has 0 radical (unpaired) electrons. The Morgan fingerprint density at radius 1 is 1.08 bits per heavy atom. The molecule has 0 bridgehead atoms. The van der Waals surface area contributed by atoms with E-state index < -0.39 is 0 Å². The van der Waals surface area contributed by atoms with Crippen molar-refractivity contribution in [2.75, 3.05) is 18.5 Å². The van der Waals surface area contributed by atoms with Crippen LogP contribution in [-0.2, 0) is 4.79 Å². The van der Waals surface area contributed by atoms with E-state index in [0.29, 0.717) is 5.02 Å². The normalized spacial score (nSPS) is 11.8. The largest absolute Gasteiger partial charge is 0.365 e. The minimum Gasteiger partial charge on any atom is -0.365 e. The molecule has 0 aliphatic heterocycles. The molecule has 2 aromatic carbocycles. The quantitative estimate of drug-likeness (QED) is 0.679. The standard InChI is InChI=1S/C20H19ClN2OS/c1-23(18-5-3-2-4-6-18)13-19(24)22-20(16-11-12-25-14-16)15-7-9-17(21)10-8-15/h2-12,14,20H,13H2,1H3,(H,22,24). The molecule has 1 unspecified atom stereocenters. The summed E-state index contributed by atoms with van der Waals surface area (Å²) in [6.45, 7) is 0.290. The zero-order chi connectivity index (χ0) is 17.6. The third kappa shape index (κ3) is 4.62. The molecule has 0 aliphatic carbocycles. The summed E-state index contributed by atoms with van der Waals surface area (Å²) in [6, 6.07) is 19.3. The lowest BCUT2D eigenvalue weighted by atomic mass is 10.0. The molecular weight excluding hydrogens is 352 g/mol. The predicted molar refractivity (Wildman–Crippen MR) is 105 cm³/mol. The van der Waals surface area contributed by atoms with E-state index in [2.05, 4.69) is 10.7 Å². The van der Waals surface area contributed by atoms with Crippen molar-refractivity contribution in [1.29, 1.82) is 0 Å². The minimum absolute atomic E-state index is 0.0301. The molecule has 1 N–H and O–H groups in total. The summed E-state index contributed by atoms with van der Waals surface area (Å²) in [6.07, 6.45) is 0. The van der Waals surface area contributed by atoms with Gasteiger partial charge in [0, 0.05) is 17.8 Å². The Balaban J connectivity index is 1.74. The Kier molecular flexibility index (Phi) is 5.74. The van der Waals surface area contributed by atoms with Crippen LogP contribution in [0.1, 0.15) is 17.2 Å². The van der Waals surface area contributed by atoms with Crippen LogP contribution in [0, 0.1) is 0 Å². The highest BCUT2D eigenvalue weighted by molar-refractivity contribution is 7.08. The highest BCUT2D eigenvalue weighted by Crippen LogP contribution is 2.25. The fourth-order valence-electron chi connectivity index (χ4n) is 2.65. The summed E-state index contributed by atoms with van der Waals surface area (Å²) >= 11 is 7.61. The average molecular weight is 371 g/mol. The average Bonchev–Trinajstić information content (AvgIpc) is 3.15. The Labute approximate surface area is 156 Å². The van der Waals surface area contributed by atoms with E-state index in [1.807, 2.05) is 78.0 Å². The Bertz CT molecular complexity index is 803. The molecule has 1 heterocycles. The highest BCUT2D eigenvalue weighted by Gasteiger charge is 2.18. The molecule has 3 aromatic rings. The number of carbonyl (C=O) groups excluding carboxylic acids is 1. The lowest BCUT2D eigenvalue weighted by Crippen LogP contribution is -2.37. The van der Waals surface area contributed by atoms with Crippen molar-refractivity contribution < 1.29 is 4.79 Å². The molecule has 0 spiro atoms. The summed E-state index contributed by atoms with van der Waals surface area (Å²) in [5.74, 6) is -0.0301. The number of thiophene rings is 1. The molecule has 0 fully saturated rings. The van der Waals surface area contributed by atoms with Crippen molar-refractivity contribution in [3.05, 3.63) is 87.6 Å². The van der Waals surface area contributed by atoms with Gasteiger partial charge < -0.3 is 10.2 Å². The van der Waals surface area contributed by atoms with Crippen LogP contribution < -0.4 is 10.2 Å². The number of carbonyl (C=O) groups is 1. The molecule has 0 saturated carbocycles. The van der Waals surface area contributed by atoms with E-state index in [1.54, 1.807) is 11.3 Å². The van der Waals surface area contributed by atoms with Gasteiger partial charge in [0.1, 0.15) is 0 Å². The first-order valence-corrected chi connectivity index (χ1v) is 9.28. The van der Waals surface area contributed by atoms with Gasteiger partial charge in [-0.25, -0.2) is 0 Å². The van der Waals surface area contributed by atoms with E-state index in [4.69, 9.17) is 11.6 Å². The first-order chi connectivity index (χ1) is 12.1. The van der Waals surface area contributed by atoms with E-state index in [0.717, 1.165) is 16.8 Å². The topological polar surface area (TPSA) is 32.3 Å². The van der Waals surface area contributed by atoms with Gasteiger partial charge in [-0.15, -0.1) is 0 Å². The lowest BCUT2D eigenvalue weighted by Gasteiger charge is -2.22. The zero-order valence-corrected chi connectivity index (χ0v) is 15.4. The summed E-state index contributed by atoms with van der Waals surface area (Å²) in [5, 5.41) is 7.89. The number of amides is 1. The number of para-hydroxylation sites is 1. The summed E-state index contributed by atoms with van der Waals surface area (Å²) in [7, 11) is 1.91. The van der Waals surface area contributed by atoms with Crippen LogP contribution in [0.3, 0.4) is 0 Å². The van der Waals surface area contributed by atoms with Crippen LogP contribution in [0.4, 0.5) is 5.69 Å². The number of nitrogens with one attached hydrogen (secondary N) is 1. The monoisotopic (exact) mass is 370 g/mol. The van der Waals surface area contributed by atoms with Crippen LogP contribution in [0.15, 0.2) is 71.4 Å². The van der Waals surface area contributed by atoms with Gasteiger partial charge in [0.15, 0.2) is 0 Å². The maximum atomic E-state index is 12.6. The van der Waals surface area contributed by atoms with Gasteiger partial charge in [-0.3, -0.25) is 4.79 Å². The van der Waals surface area contributed by atoms with Crippen LogP contribution >= 0.6 is 22.9 Å². The predicted octanol–water partition coefficient (Wildman–Crippen LogP) is 4.74. The maximum Gasteiger partial charge on any atom is 0.240 e. The number of anilines is 1. The zero-order valence-electron chi connectivity index (χ0n) is 13.9. The fourth-order valence-corrected chi connectivity index (χ4v) is 3.46. The smallest absolute Gasteiger partial charge is 0.240 e. The third-order valence-corrected chi connectivity index (χ3v) is 4.92. The van der Waals surface area contributed by atoms with Crippen molar-refractivity contribution >= 4 is 34.5 Å². The molecule has 3 rings (SSSR count). The SMILES string of the molecule is CN(CC(=O)NC(c1ccc(Cl)cc1)c1ccsc1)c1ccccc1. The molecule has 128 valence electrons. The highest BCUT2D eigenvalue weighted by atomic mass is 35.5. The third-order valence-electron chi connectivity index (χ3n) is 3.96.